The Balaban J connectivity index is 3.11. The van der Waals surface area contributed by atoms with E-state index in [1.54, 1.807) is 0 Å². The summed E-state index contributed by atoms with van der Waals surface area (Å²) >= 11 is 2.78. The monoisotopic (exact) mass is 284 g/mol. The van der Waals surface area contributed by atoms with Crippen LogP contribution in [0.25, 0.3) is 0 Å². The molecule has 0 amide bonds. The Morgan fingerprint density at radius 2 is 2.00 bits per heavy atom. The molecular formula is C8H4BrF3O3. The van der Waals surface area contributed by atoms with Gasteiger partial charge in [0.1, 0.15) is 11.5 Å². The maximum Gasteiger partial charge on any atom is 0.573 e. The fourth-order valence-corrected chi connectivity index (χ4v) is 1.30. The molecule has 0 heterocycles. The number of halogens is 4. The molecular weight excluding hydrogens is 281 g/mol. The Kier molecular flexibility index (Phi) is 3.23. The van der Waals surface area contributed by atoms with Crippen molar-refractivity contribution in [1.82, 2.24) is 0 Å². The summed E-state index contributed by atoms with van der Waals surface area (Å²) < 4.78 is 39.0. The van der Waals surface area contributed by atoms with E-state index in [2.05, 4.69) is 20.7 Å². The van der Waals surface area contributed by atoms with Crippen LogP contribution in [0, 0.1) is 0 Å². The number of aldehydes is 1. The second-order valence-electron chi connectivity index (χ2n) is 2.51. The summed E-state index contributed by atoms with van der Waals surface area (Å²) in [5.41, 5.74) is -0.128. The number of hydrogen-bond donors (Lipinski definition) is 1. The standard InChI is InChI=1S/C8H4BrF3O3/c9-5-1-4(3-13)6(14)2-7(5)15-8(10,11)12/h1-3,14H. The molecule has 0 bridgehead atoms. The molecule has 0 aliphatic heterocycles. The predicted molar refractivity (Wildman–Crippen MR) is 47.9 cm³/mol. The van der Waals surface area contributed by atoms with Crippen LogP contribution in [0.3, 0.4) is 0 Å². The minimum Gasteiger partial charge on any atom is -0.507 e. The van der Waals surface area contributed by atoms with Crippen molar-refractivity contribution in [2.24, 2.45) is 0 Å². The molecule has 0 saturated carbocycles. The van der Waals surface area contributed by atoms with Gasteiger partial charge in [0.05, 0.1) is 10.0 Å². The molecule has 1 aromatic rings. The molecule has 0 aliphatic rings. The number of hydrogen-bond acceptors (Lipinski definition) is 3. The predicted octanol–water partition coefficient (Wildman–Crippen LogP) is 2.87. The third-order valence-corrected chi connectivity index (χ3v) is 2.05. The van der Waals surface area contributed by atoms with Crippen molar-refractivity contribution in [3.8, 4) is 11.5 Å². The molecule has 0 fully saturated rings. The van der Waals surface area contributed by atoms with Crippen LogP contribution in [0.15, 0.2) is 16.6 Å². The second kappa shape index (κ2) is 4.09. The lowest BCUT2D eigenvalue weighted by Gasteiger charge is -2.11. The van der Waals surface area contributed by atoms with Gasteiger partial charge in [-0.05, 0) is 22.0 Å². The Morgan fingerprint density at radius 3 is 2.47 bits per heavy atom. The van der Waals surface area contributed by atoms with Crippen molar-refractivity contribution in [2.45, 2.75) is 6.36 Å². The number of ether oxygens (including phenoxy) is 1. The van der Waals surface area contributed by atoms with Crippen molar-refractivity contribution >= 4 is 22.2 Å². The van der Waals surface area contributed by atoms with E-state index in [-0.39, 0.29) is 10.0 Å². The molecule has 0 aromatic heterocycles. The SMILES string of the molecule is O=Cc1cc(Br)c(OC(F)(F)F)cc1O. The van der Waals surface area contributed by atoms with Gasteiger partial charge in [-0.2, -0.15) is 0 Å². The summed E-state index contributed by atoms with van der Waals surface area (Å²) in [6, 6.07) is 1.74. The normalized spacial score (nSPS) is 11.2. The first-order valence-electron chi connectivity index (χ1n) is 3.57. The minimum atomic E-state index is -4.85. The van der Waals surface area contributed by atoms with Crippen LogP contribution >= 0.6 is 15.9 Å². The summed E-state index contributed by atoms with van der Waals surface area (Å²) in [4.78, 5) is 10.3. The number of aromatic hydroxyl groups is 1. The van der Waals surface area contributed by atoms with Crippen LogP contribution in [0.2, 0.25) is 0 Å². The fourth-order valence-electron chi connectivity index (χ4n) is 0.855. The van der Waals surface area contributed by atoms with Crippen molar-refractivity contribution in [2.75, 3.05) is 0 Å². The van der Waals surface area contributed by atoms with E-state index in [9.17, 15) is 18.0 Å². The molecule has 0 aliphatic carbocycles. The molecule has 7 heteroatoms. The van der Waals surface area contributed by atoms with Crippen LogP contribution in [0.1, 0.15) is 10.4 Å². The van der Waals surface area contributed by atoms with Gasteiger partial charge in [0.2, 0.25) is 0 Å². The highest BCUT2D eigenvalue weighted by molar-refractivity contribution is 9.10. The van der Waals surface area contributed by atoms with Crippen LogP contribution < -0.4 is 4.74 Å². The summed E-state index contributed by atoms with van der Waals surface area (Å²) in [7, 11) is 0. The van der Waals surface area contributed by atoms with Gasteiger partial charge >= 0.3 is 6.36 Å². The Bertz CT molecular complexity index is 389. The average Bonchev–Trinajstić information content (AvgIpc) is 2.08. The van der Waals surface area contributed by atoms with E-state index in [4.69, 9.17) is 5.11 Å². The van der Waals surface area contributed by atoms with Crippen LogP contribution in [-0.4, -0.2) is 17.8 Å². The Labute approximate surface area is 90.6 Å². The number of carbonyl (C=O) groups excluding carboxylic acids is 1. The lowest BCUT2D eigenvalue weighted by molar-refractivity contribution is -0.274. The van der Waals surface area contributed by atoms with E-state index < -0.39 is 17.9 Å². The largest absolute Gasteiger partial charge is 0.573 e. The first-order valence-corrected chi connectivity index (χ1v) is 4.36. The maximum absolute atomic E-state index is 11.8. The lowest BCUT2D eigenvalue weighted by Crippen LogP contribution is -2.17. The molecule has 1 aromatic carbocycles. The zero-order valence-electron chi connectivity index (χ0n) is 7.01. The molecule has 82 valence electrons. The lowest BCUT2D eigenvalue weighted by atomic mass is 10.2. The number of phenols is 1. The topological polar surface area (TPSA) is 46.5 Å². The number of phenolic OH excluding ortho intramolecular Hbond substituents is 1. The molecule has 0 spiro atoms. The van der Waals surface area contributed by atoms with Crippen molar-refractivity contribution in [3.63, 3.8) is 0 Å². The number of alkyl halides is 3. The quantitative estimate of drug-likeness (QED) is 0.850. The highest BCUT2D eigenvalue weighted by Crippen LogP contribution is 2.34. The molecule has 15 heavy (non-hydrogen) atoms. The zero-order chi connectivity index (χ0) is 11.6. The van der Waals surface area contributed by atoms with Crippen molar-refractivity contribution in [3.05, 3.63) is 22.2 Å². The Hall–Kier alpha value is -1.24. The second-order valence-corrected chi connectivity index (χ2v) is 3.36. The van der Waals surface area contributed by atoms with E-state index in [1.165, 1.54) is 0 Å². The molecule has 3 nitrogen and oxygen atoms in total. The van der Waals surface area contributed by atoms with Gasteiger partial charge in [-0.1, -0.05) is 0 Å². The summed E-state index contributed by atoms with van der Waals surface area (Å²) in [6.07, 6.45) is -4.53. The van der Waals surface area contributed by atoms with Crippen LogP contribution in [0.5, 0.6) is 11.5 Å². The van der Waals surface area contributed by atoms with E-state index in [1.807, 2.05) is 0 Å². The molecule has 0 atom stereocenters. The van der Waals surface area contributed by atoms with Gasteiger partial charge in [0.25, 0.3) is 0 Å². The maximum atomic E-state index is 11.8. The van der Waals surface area contributed by atoms with Gasteiger partial charge in [0.15, 0.2) is 6.29 Å². The molecule has 0 saturated heterocycles. The van der Waals surface area contributed by atoms with E-state index >= 15 is 0 Å². The zero-order valence-corrected chi connectivity index (χ0v) is 8.59. The number of carbonyl (C=O) groups is 1. The number of benzene rings is 1. The highest BCUT2D eigenvalue weighted by atomic mass is 79.9. The smallest absolute Gasteiger partial charge is 0.507 e. The van der Waals surface area contributed by atoms with Gasteiger partial charge in [-0.25, -0.2) is 0 Å². The molecule has 0 radical (unpaired) electrons. The molecule has 1 rings (SSSR count). The summed E-state index contributed by atoms with van der Waals surface area (Å²) in [6.45, 7) is 0. The van der Waals surface area contributed by atoms with E-state index in [0.717, 1.165) is 6.07 Å². The van der Waals surface area contributed by atoms with Crippen molar-refractivity contribution < 1.29 is 27.8 Å². The number of rotatable bonds is 2. The van der Waals surface area contributed by atoms with Gasteiger partial charge in [0, 0.05) is 6.07 Å². The van der Waals surface area contributed by atoms with Gasteiger partial charge in [-0.15, -0.1) is 13.2 Å². The third-order valence-electron chi connectivity index (χ3n) is 1.43. The third kappa shape index (κ3) is 3.12. The molecule has 0 unspecified atom stereocenters. The fraction of sp³-hybridized carbons (Fsp3) is 0.125. The first-order chi connectivity index (χ1) is 6.83. The van der Waals surface area contributed by atoms with Crippen molar-refractivity contribution in [1.29, 1.82) is 0 Å². The van der Waals surface area contributed by atoms with Gasteiger partial charge in [-0.3, -0.25) is 4.79 Å². The molecule has 1 N–H and O–H groups in total. The van der Waals surface area contributed by atoms with E-state index in [0.29, 0.717) is 12.4 Å². The summed E-state index contributed by atoms with van der Waals surface area (Å²) in [5.74, 6) is -1.18. The van der Waals surface area contributed by atoms with Crippen LogP contribution in [-0.2, 0) is 0 Å². The average molecular weight is 285 g/mol. The minimum absolute atomic E-state index is 0.0697. The van der Waals surface area contributed by atoms with Gasteiger partial charge < -0.3 is 9.84 Å². The first kappa shape index (κ1) is 11.8. The highest BCUT2D eigenvalue weighted by Gasteiger charge is 2.32. The van der Waals surface area contributed by atoms with Crippen LogP contribution in [0.4, 0.5) is 13.2 Å². The Morgan fingerprint density at radius 1 is 1.40 bits per heavy atom. The summed E-state index contributed by atoms with van der Waals surface area (Å²) in [5, 5.41) is 9.11.